The van der Waals surface area contributed by atoms with Gasteiger partial charge in [-0.3, -0.25) is 0 Å². The maximum Gasteiger partial charge on any atom is 0.0653 e. The maximum absolute atomic E-state index is 6.14. The highest BCUT2D eigenvalue weighted by molar-refractivity contribution is 5.94. The van der Waals surface area contributed by atoms with E-state index in [-0.39, 0.29) is 0 Å². The van der Waals surface area contributed by atoms with Crippen molar-refractivity contribution >= 4 is 35.3 Å². The summed E-state index contributed by atoms with van der Waals surface area (Å²) in [5.41, 5.74) is 8.95. The molecule has 0 unspecified atom stereocenters. The molecule has 0 saturated heterocycles. The zero-order valence-electron chi connectivity index (χ0n) is 10.4. The van der Waals surface area contributed by atoms with Crippen LogP contribution in [0.15, 0.2) is 18.2 Å². The first-order valence-corrected chi connectivity index (χ1v) is 5.80. The number of fused-ring (bicyclic) bond motifs is 1. The monoisotopic (exact) mass is 226 g/mol. The molecule has 0 aromatic heterocycles. The van der Waals surface area contributed by atoms with Crippen molar-refractivity contribution in [1.82, 2.24) is 0 Å². The molecule has 2 aromatic carbocycles. The minimum absolute atomic E-state index is 0.707. The fourth-order valence-electron chi connectivity index (χ4n) is 2.28. The Morgan fingerprint density at radius 3 is 2.59 bits per heavy atom. The highest BCUT2D eigenvalue weighted by Crippen LogP contribution is 2.17. The van der Waals surface area contributed by atoms with Gasteiger partial charge in [0.1, 0.15) is 0 Å². The third-order valence-corrected chi connectivity index (χ3v) is 3.15. The number of anilines is 2. The van der Waals surface area contributed by atoms with Gasteiger partial charge >= 0.3 is 0 Å². The fraction of sp³-hybridized carbons (Fsp3) is 0.200. The highest BCUT2D eigenvalue weighted by Gasteiger charge is 2.08. The third kappa shape index (κ3) is 1.66. The van der Waals surface area contributed by atoms with Gasteiger partial charge in [-0.25, -0.2) is 0 Å². The first-order chi connectivity index (χ1) is 8.07. The van der Waals surface area contributed by atoms with E-state index in [9.17, 15) is 0 Å². The van der Waals surface area contributed by atoms with Gasteiger partial charge in [0.05, 0.1) is 11.4 Å². The number of aryl methyl sites for hydroxylation is 1. The van der Waals surface area contributed by atoms with Gasteiger partial charge < -0.3 is 11.1 Å². The lowest BCUT2D eigenvalue weighted by Crippen LogP contribution is -2.22. The Labute approximate surface area is 101 Å². The molecule has 0 bridgehead atoms. The standard InChI is InChI=1S/C15H18N2/c1-5-17-15-10(3)12-8-6-7-9(2)13(12)11(4)14(15)16/h6-8,17H,3-5,16H2,1-2H3. The van der Waals surface area contributed by atoms with E-state index in [1.54, 1.807) is 0 Å². The minimum Gasteiger partial charge on any atom is -0.397 e. The van der Waals surface area contributed by atoms with E-state index in [0.717, 1.165) is 33.4 Å². The smallest absolute Gasteiger partial charge is 0.0653 e. The molecule has 0 aliphatic rings. The number of hydrogen-bond donors (Lipinski definition) is 2. The lowest BCUT2D eigenvalue weighted by Gasteiger charge is -2.13. The Balaban J connectivity index is 3.01. The second kappa shape index (κ2) is 4.13. The van der Waals surface area contributed by atoms with Gasteiger partial charge in [0, 0.05) is 17.0 Å². The fourth-order valence-corrected chi connectivity index (χ4v) is 2.28. The van der Waals surface area contributed by atoms with Crippen molar-refractivity contribution in [2.45, 2.75) is 13.8 Å². The molecule has 0 aliphatic heterocycles. The van der Waals surface area contributed by atoms with E-state index < -0.39 is 0 Å². The average Bonchev–Trinajstić information content (AvgIpc) is 2.31. The van der Waals surface area contributed by atoms with E-state index in [4.69, 9.17) is 5.73 Å². The lowest BCUT2D eigenvalue weighted by molar-refractivity contribution is 1.21. The highest BCUT2D eigenvalue weighted by atomic mass is 14.9. The van der Waals surface area contributed by atoms with Crippen LogP contribution in [-0.4, -0.2) is 6.54 Å². The molecule has 0 atom stereocenters. The summed E-state index contributed by atoms with van der Waals surface area (Å²) >= 11 is 0. The molecule has 17 heavy (non-hydrogen) atoms. The van der Waals surface area contributed by atoms with E-state index in [2.05, 4.69) is 37.5 Å². The molecule has 0 saturated carbocycles. The number of hydrogen-bond acceptors (Lipinski definition) is 2. The van der Waals surface area contributed by atoms with Crippen molar-refractivity contribution in [3.8, 4) is 0 Å². The zero-order chi connectivity index (χ0) is 12.6. The van der Waals surface area contributed by atoms with Gasteiger partial charge in [0.15, 0.2) is 0 Å². The molecule has 2 nitrogen and oxygen atoms in total. The molecule has 2 aromatic rings. The summed E-state index contributed by atoms with van der Waals surface area (Å²) in [5, 5.41) is 7.36. The topological polar surface area (TPSA) is 38.0 Å². The lowest BCUT2D eigenvalue weighted by atomic mass is 9.99. The van der Waals surface area contributed by atoms with Crippen LogP contribution in [0, 0.1) is 6.92 Å². The number of benzene rings is 2. The van der Waals surface area contributed by atoms with Crippen molar-refractivity contribution in [2.75, 3.05) is 17.6 Å². The van der Waals surface area contributed by atoms with Crippen LogP contribution < -0.4 is 21.5 Å². The van der Waals surface area contributed by atoms with E-state index in [1.165, 1.54) is 5.56 Å². The van der Waals surface area contributed by atoms with Crippen LogP contribution in [0.25, 0.3) is 23.9 Å². The molecule has 0 aliphatic carbocycles. The molecule has 0 spiro atoms. The van der Waals surface area contributed by atoms with Gasteiger partial charge in [0.2, 0.25) is 0 Å². The molecule has 3 N–H and O–H groups in total. The number of nitrogens with one attached hydrogen (secondary N) is 1. The molecule has 0 amide bonds. The summed E-state index contributed by atoms with van der Waals surface area (Å²) in [6, 6.07) is 6.18. The molecule has 0 fully saturated rings. The normalized spacial score (nSPS) is 10.7. The second-order valence-electron chi connectivity index (χ2n) is 4.27. The number of nitrogens with two attached hydrogens (primary N) is 1. The number of rotatable bonds is 2. The van der Waals surface area contributed by atoms with Gasteiger partial charge in [-0.2, -0.15) is 0 Å². The van der Waals surface area contributed by atoms with Gasteiger partial charge in [0.25, 0.3) is 0 Å². The summed E-state index contributed by atoms with van der Waals surface area (Å²) in [6.45, 7) is 13.2. The summed E-state index contributed by atoms with van der Waals surface area (Å²) in [6.07, 6.45) is 0. The molecule has 0 heterocycles. The SMILES string of the molecule is C=c1c(NCC)c(N)c(=C)c2c(C)cccc12. The van der Waals surface area contributed by atoms with Crippen LogP contribution in [0.3, 0.4) is 0 Å². The number of nitrogen functional groups attached to an aromatic ring is 1. The zero-order valence-corrected chi connectivity index (χ0v) is 10.4. The first kappa shape index (κ1) is 11.5. The predicted molar refractivity (Wildman–Crippen MR) is 77.6 cm³/mol. The van der Waals surface area contributed by atoms with Crippen LogP contribution in [0.2, 0.25) is 0 Å². The molecule has 0 radical (unpaired) electrons. The average molecular weight is 226 g/mol. The van der Waals surface area contributed by atoms with Crippen LogP contribution >= 0.6 is 0 Å². The third-order valence-electron chi connectivity index (χ3n) is 3.15. The Bertz CT molecular complexity index is 672. The van der Waals surface area contributed by atoms with Crippen LogP contribution in [-0.2, 0) is 0 Å². The Morgan fingerprint density at radius 2 is 1.94 bits per heavy atom. The van der Waals surface area contributed by atoms with Crippen LogP contribution in [0.1, 0.15) is 12.5 Å². The maximum atomic E-state index is 6.14. The van der Waals surface area contributed by atoms with Crippen LogP contribution in [0.4, 0.5) is 11.4 Å². The first-order valence-electron chi connectivity index (χ1n) is 5.80. The molecule has 2 heteroatoms. The summed E-state index contributed by atoms with van der Waals surface area (Å²) in [5.74, 6) is 0. The minimum atomic E-state index is 0.707. The van der Waals surface area contributed by atoms with E-state index in [1.807, 2.05) is 13.0 Å². The van der Waals surface area contributed by atoms with Crippen molar-refractivity contribution < 1.29 is 0 Å². The molecule has 88 valence electrons. The molecular formula is C15H18N2. The Kier molecular flexibility index (Phi) is 2.80. The van der Waals surface area contributed by atoms with Crippen molar-refractivity contribution in [3.63, 3.8) is 0 Å². The summed E-state index contributed by atoms with van der Waals surface area (Å²) in [4.78, 5) is 0. The summed E-state index contributed by atoms with van der Waals surface area (Å²) < 4.78 is 0. The van der Waals surface area contributed by atoms with Crippen LogP contribution in [0.5, 0.6) is 0 Å². The Hall–Kier alpha value is -1.96. The quantitative estimate of drug-likeness (QED) is 0.768. The second-order valence-corrected chi connectivity index (χ2v) is 4.27. The van der Waals surface area contributed by atoms with Gasteiger partial charge in [-0.1, -0.05) is 31.4 Å². The van der Waals surface area contributed by atoms with Crippen molar-refractivity contribution in [2.24, 2.45) is 0 Å². The van der Waals surface area contributed by atoms with Gasteiger partial charge in [-0.05, 0) is 30.2 Å². The van der Waals surface area contributed by atoms with Crippen molar-refractivity contribution in [3.05, 3.63) is 34.2 Å². The van der Waals surface area contributed by atoms with Crippen molar-refractivity contribution in [1.29, 1.82) is 0 Å². The largest absolute Gasteiger partial charge is 0.397 e. The Morgan fingerprint density at radius 1 is 1.24 bits per heavy atom. The summed E-state index contributed by atoms with van der Waals surface area (Å²) in [7, 11) is 0. The molecular weight excluding hydrogens is 208 g/mol. The van der Waals surface area contributed by atoms with E-state index >= 15 is 0 Å². The van der Waals surface area contributed by atoms with E-state index in [0.29, 0.717) is 5.69 Å². The predicted octanol–water partition coefficient (Wildman–Crippen LogP) is 1.98. The molecule has 2 rings (SSSR count). The van der Waals surface area contributed by atoms with Gasteiger partial charge in [-0.15, -0.1) is 0 Å².